The van der Waals surface area contributed by atoms with Crippen molar-refractivity contribution in [3.8, 4) is 0 Å². The molecule has 0 unspecified atom stereocenters. The van der Waals surface area contributed by atoms with Crippen molar-refractivity contribution >= 4 is 45.6 Å². The molecule has 0 aromatic heterocycles. The summed E-state index contributed by atoms with van der Waals surface area (Å²) in [7, 11) is -3.61. The van der Waals surface area contributed by atoms with E-state index >= 15 is 0 Å². The normalized spacial score (nSPS) is 13.6. The number of alkyl carbamates (subject to hydrolysis) is 1. The van der Waals surface area contributed by atoms with Crippen molar-refractivity contribution in [3.63, 3.8) is 0 Å². The smallest absolute Gasteiger partial charge is 0.408 e. The molecule has 2 aromatic carbocycles. The molecule has 0 saturated heterocycles. The van der Waals surface area contributed by atoms with Crippen LogP contribution in [-0.4, -0.2) is 81.3 Å². The minimum Gasteiger partial charge on any atom is -0.466 e. The van der Waals surface area contributed by atoms with Crippen LogP contribution in [0.1, 0.15) is 64.6 Å². The van der Waals surface area contributed by atoms with Crippen LogP contribution >= 0.6 is 0 Å². The van der Waals surface area contributed by atoms with Gasteiger partial charge in [0.1, 0.15) is 24.7 Å². The number of ether oxygens (including phenoxy) is 3. The number of esters is 2. The van der Waals surface area contributed by atoms with E-state index in [1.807, 2.05) is 0 Å². The molecular formula is C36H48N4O11S. The zero-order valence-electron chi connectivity index (χ0n) is 30.0. The first-order valence-electron chi connectivity index (χ1n) is 16.8. The van der Waals surface area contributed by atoms with Crippen LogP contribution < -0.4 is 21.3 Å². The van der Waals surface area contributed by atoms with E-state index in [4.69, 9.17) is 14.2 Å². The van der Waals surface area contributed by atoms with Gasteiger partial charge in [-0.15, -0.1) is 0 Å². The summed E-state index contributed by atoms with van der Waals surface area (Å²) >= 11 is 0. The second-order valence-electron chi connectivity index (χ2n) is 11.8. The van der Waals surface area contributed by atoms with Gasteiger partial charge in [-0.2, -0.15) is 0 Å². The van der Waals surface area contributed by atoms with Gasteiger partial charge in [0.2, 0.25) is 17.7 Å². The number of carbonyl (C=O) groups excluding carboxylic acids is 6. The molecule has 0 aliphatic heterocycles. The average molecular weight is 745 g/mol. The molecule has 4 atom stereocenters. The predicted octanol–water partition coefficient (Wildman–Crippen LogP) is 2.62. The Balaban J connectivity index is 2.33. The second kappa shape index (κ2) is 21.9. The molecular weight excluding hydrogens is 696 g/mol. The fourth-order valence-electron chi connectivity index (χ4n) is 4.61. The Bertz CT molecular complexity index is 1630. The van der Waals surface area contributed by atoms with Crippen LogP contribution in [0.3, 0.4) is 0 Å². The number of hydrogen-bond donors (Lipinski definition) is 4. The Morgan fingerprint density at radius 3 is 1.83 bits per heavy atom. The van der Waals surface area contributed by atoms with Crippen LogP contribution in [0, 0.1) is 5.92 Å². The fraction of sp³-hybridized carbons (Fsp3) is 0.444. The van der Waals surface area contributed by atoms with Crippen LogP contribution in [0.2, 0.25) is 0 Å². The second-order valence-corrected chi connectivity index (χ2v) is 13.9. The van der Waals surface area contributed by atoms with E-state index in [2.05, 4.69) is 21.3 Å². The Morgan fingerprint density at radius 1 is 0.692 bits per heavy atom. The summed E-state index contributed by atoms with van der Waals surface area (Å²) in [4.78, 5) is 78.5. The third kappa shape index (κ3) is 15.3. The summed E-state index contributed by atoms with van der Waals surface area (Å²) in [6.07, 6.45) is -0.784. The molecule has 0 heterocycles. The molecule has 0 radical (unpaired) electrons. The third-order valence-corrected chi connectivity index (χ3v) is 8.74. The van der Waals surface area contributed by atoms with Gasteiger partial charge >= 0.3 is 18.0 Å². The first-order valence-corrected chi connectivity index (χ1v) is 18.6. The van der Waals surface area contributed by atoms with Gasteiger partial charge in [-0.3, -0.25) is 24.0 Å². The van der Waals surface area contributed by atoms with Crippen LogP contribution in [0.5, 0.6) is 0 Å². The largest absolute Gasteiger partial charge is 0.466 e. The lowest BCUT2D eigenvalue weighted by Gasteiger charge is -2.27. The van der Waals surface area contributed by atoms with E-state index in [-0.39, 0.29) is 32.0 Å². The van der Waals surface area contributed by atoms with Crippen LogP contribution in [-0.2, 0) is 54.6 Å². The molecule has 15 nitrogen and oxygen atoms in total. The summed E-state index contributed by atoms with van der Waals surface area (Å²) in [5.41, 5.74) is 0.994. The molecule has 2 rings (SSSR count). The molecule has 16 heteroatoms. The minimum atomic E-state index is -3.61. The van der Waals surface area contributed by atoms with Crippen molar-refractivity contribution in [1.29, 1.82) is 0 Å². The standard InChI is InChI=1S/C36H48N4O11S/c1-6-49-29(41)21-27(19-20-52(47,48)8-3)37-34(44)31(24(4)5)39-35(45)32(26-17-13-10-14-18-26)40-33(43)28(22-30(42)50-7-2)38-36(46)51-23-25-15-11-9-12-16-25/h9-20,24,27-28,31-32H,6-8,21-23H2,1-5H3,(H,37,44)(H,38,46)(H,39,45)(H,40,43)/b20-19+/t27-,28+,31-,32+/m1/s1. The number of rotatable bonds is 20. The zero-order chi connectivity index (χ0) is 38.7. The summed E-state index contributed by atoms with van der Waals surface area (Å²) in [6.45, 7) is 7.90. The number of hydrogen-bond acceptors (Lipinski definition) is 11. The Hall–Kier alpha value is -5.25. The number of carbonyl (C=O) groups is 6. The Kier molecular flexibility index (Phi) is 18.0. The lowest BCUT2D eigenvalue weighted by Crippen LogP contribution is -2.56. The molecule has 0 aliphatic carbocycles. The summed E-state index contributed by atoms with van der Waals surface area (Å²) in [5.74, 6) is -4.68. The van der Waals surface area contributed by atoms with Gasteiger partial charge in [-0.05, 0) is 30.9 Å². The van der Waals surface area contributed by atoms with Gasteiger partial charge in [0.25, 0.3) is 0 Å². The van der Waals surface area contributed by atoms with Crippen molar-refractivity contribution in [2.75, 3.05) is 19.0 Å². The lowest BCUT2D eigenvalue weighted by molar-refractivity contribution is -0.145. The molecule has 0 bridgehead atoms. The van der Waals surface area contributed by atoms with E-state index in [0.29, 0.717) is 11.1 Å². The first-order chi connectivity index (χ1) is 24.7. The Labute approximate surface area is 304 Å². The van der Waals surface area contributed by atoms with E-state index in [0.717, 1.165) is 5.41 Å². The van der Waals surface area contributed by atoms with Crippen LogP contribution in [0.25, 0.3) is 0 Å². The van der Waals surface area contributed by atoms with Crippen molar-refractivity contribution in [2.45, 2.75) is 78.2 Å². The van der Waals surface area contributed by atoms with Crippen molar-refractivity contribution in [1.82, 2.24) is 21.3 Å². The summed E-state index contributed by atoms with van der Waals surface area (Å²) in [6, 6.07) is 11.6. The molecule has 4 N–H and O–H groups in total. The minimum absolute atomic E-state index is 0.0180. The summed E-state index contributed by atoms with van der Waals surface area (Å²) < 4.78 is 39.4. The zero-order valence-corrected chi connectivity index (χ0v) is 30.8. The number of nitrogens with one attached hydrogen (secondary N) is 4. The molecule has 2 aromatic rings. The number of benzene rings is 2. The van der Waals surface area contributed by atoms with Gasteiger partial charge in [-0.25, -0.2) is 13.2 Å². The molecule has 0 aliphatic rings. The maximum Gasteiger partial charge on any atom is 0.408 e. The predicted molar refractivity (Wildman–Crippen MR) is 191 cm³/mol. The molecule has 0 saturated carbocycles. The molecule has 4 amide bonds. The molecule has 0 fully saturated rings. The summed E-state index contributed by atoms with van der Waals surface area (Å²) in [5, 5.41) is 11.1. The first kappa shape index (κ1) is 42.9. The average Bonchev–Trinajstić information content (AvgIpc) is 3.11. The van der Waals surface area contributed by atoms with Crippen molar-refractivity contribution in [3.05, 3.63) is 83.3 Å². The van der Waals surface area contributed by atoms with Gasteiger partial charge in [0, 0.05) is 5.41 Å². The topological polar surface area (TPSA) is 212 Å². The van der Waals surface area contributed by atoms with Gasteiger partial charge < -0.3 is 35.5 Å². The molecule has 0 spiro atoms. The highest BCUT2D eigenvalue weighted by molar-refractivity contribution is 7.94. The van der Waals surface area contributed by atoms with E-state index in [9.17, 15) is 37.2 Å². The van der Waals surface area contributed by atoms with Gasteiger partial charge in [0.15, 0.2) is 9.84 Å². The molecule has 284 valence electrons. The maximum atomic E-state index is 13.9. The fourth-order valence-corrected chi connectivity index (χ4v) is 5.23. The monoisotopic (exact) mass is 744 g/mol. The van der Waals surface area contributed by atoms with Crippen LogP contribution in [0.4, 0.5) is 4.79 Å². The van der Waals surface area contributed by atoms with E-state index < -0.39 is 82.1 Å². The number of sulfone groups is 1. The van der Waals surface area contributed by atoms with Crippen molar-refractivity contribution in [2.24, 2.45) is 5.92 Å². The van der Waals surface area contributed by atoms with Gasteiger partial charge in [-0.1, -0.05) is 87.5 Å². The van der Waals surface area contributed by atoms with E-state index in [1.54, 1.807) is 88.4 Å². The highest BCUT2D eigenvalue weighted by Gasteiger charge is 2.33. The lowest BCUT2D eigenvalue weighted by atomic mass is 10.00. The SMILES string of the molecule is CCOC(=O)C[C@@H](/C=C/S(=O)(=O)CC)NC(=O)[C@H](NC(=O)[C@@H](NC(=O)[C@H](CC(=O)OCC)NC(=O)OCc1ccccc1)c1ccccc1)C(C)C. The van der Waals surface area contributed by atoms with Crippen molar-refractivity contribution < 1.29 is 51.4 Å². The number of amides is 4. The molecule has 52 heavy (non-hydrogen) atoms. The van der Waals surface area contributed by atoms with Crippen LogP contribution in [0.15, 0.2) is 72.1 Å². The highest BCUT2D eigenvalue weighted by atomic mass is 32.2. The quantitative estimate of drug-likeness (QED) is 0.114. The maximum absolute atomic E-state index is 13.9. The van der Waals surface area contributed by atoms with E-state index in [1.165, 1.54) is 13.0 Å². The highest BCUT2D eigenvalue weighted by Crippen LogP contribution is 2.16. The van der Waals surface area contributed by atoms with Gasteiger partial charge in [0.05, 0.1) is 37.9 Å². The third-order valence-electron chi connectivity index (χ3n) is 7.37. The Morgan fingerprint density at radius 2 is 1.27 bits per heavy atom.